The third-order valence-electron chi connectivity index (χ3n) is 2.72. The molecule has 0 bridgehead atoms. The van der Waals surface area contributed by atoms with Crippen molar-refractivity contribution in [2.45, 2.75) is 13.0 Å². The fourth-order valence-electron chi connectivity index (χ4n) is 2.08. The van der Waals surface area contributed by atoms with E-state index in [0.29, 0.717) is 17.1 Å². The van der Waals surface area contributed by atoms with Crippen LogP contribution in [0.1, 0.15) is 17.3 Å². The van der Waals surface area contributed by atoms with E-state index in [1.54, 1.807) is 18.2 Å². The second kappa shape index (κ2) is 5.09. The summed E-state index contributed by atoms with van der Waals surface area (Å²) >= 11 is 0. The lowest BCUT2D eigenvalue weighted by Gasteiger charge is -2.27. The van der Waals surface area contributed by atoms with Crippen molar-refractivity contribution in [3.05, 3.63) is 23.8 Å². The number of hydrogen-bond donors (Lipinski definition) is 0. The van der Waals surface area contributed by atoms with E-state index in [1.807, 2.05) is 6.92 Å². The van der Waals surface area contributed by atoms with Gasteiger partial charge in [-0.05, 0) is 25.1 Å². The second-order valence-electron chi connectivity index (χ2n) is 5.76. The van der Waals surface area contributed by atoms with Crippen molar-refractivity contribution in [1.82, 2.24) is 0 Å². The van der Waals surface area contributed by atoms with E-state index >= 15 is 0 Å². The number of esters is 1. The maximum Gasteiger partial charge on any atom is 0.338 e. The van der Waals surface area contributed by atoms with Gasteiger partial charge in [0.25, 0.3) is 0 Å². The third kappa shape index (κ3) is 3.61. The van der Waals surface area contributed by atoms with E-state index < -0.39 is 0 Å². The van der Waals surface area contributed by atoms with Crippen molar-refractivity contribution in [2.75, 3.05) is 34.5 Å². The molecule has 1 heterocycles. The van der Waals surface area contributed by atoms with Crippen LogP contribution >= 0.6 is 0 Å². The first-order valence-corrected chi connectivity index (χ1v) is 6.26. The SMILES string of the molecule is C[C@@H](C[N+](C)(C)C)OC(=O)c1ccc2c(c1)OCO2. The molecule has 104 valence electrons. The smallest absolute Gasteiger partial charge is 0.338 e. The highest BCUT2D eigenvalue weighted by Gasteiger charge is 2.21. The second-order valence-corrected chi connectivity index (χ2v) is 5.76. The first-order chi connectivity index (χ1) is 8.85. The van der Waals surface area contributed by atoms with Gasteiger partial charge in [0, 0.05) is 0 Å². The van der Waals surface area contributed by atoms with Crippen molar-refractivity contribution in [3.8, 4) is 11.5 Å². The van der Waals surface area contributed by atoms with E-state index in [4.69, 9.17) is 14.2 Å². The number of nitrogens with zero attached hydrogens (tertiary/aromatic N) is 1. The molecule has 1 aromatic rings. The van der Waals surface area contributed by atoms with Crippen LogP contribution < -0.4 is 9.47 Å². The monoisotopic (exact) mass is 266 g/mol. The number of likely N-dealkylation sites (N-methyl/N-ethyl adjacent to an activating group) is 1. The van der Waals surface area contributed by atoms with E-state index in [2.05, 4.69) is 21.1 Å². The minimum atomic E-state index is -0.334. The number of ether oxygens (including phenoxy) is 3. The molecular formula is C14H20NO4+. The number of carbonyl (C=O) groups excluding carboxylic acids is 1. The van der Waals surface area contributed by atoms with E-state index in [1.165, 1.54) is 0 Å². The Morgan fingerprint density at radius 3 is 2.68 bits per heavy atom. The Bertz CT molecular complexity index is 479. The fraction of sp³-hybridized carbons (Fsp3) is 0.500. The summed E-state index contributed by atoms with van der Waals surface area (Å²) in [5.74, 6) is 0.920. The molecule has 2 rings (SSSR count). The van der Waals surface area contributed by atoms with Gasteiger partial charge in [-0.1, -0.05) is 0 Å². The van der Waals surface area contributed by atoms with Crippen LogP contribution in [0.5, 0.6) is 11.5 Å². The predicted octanol–water partition coefficient (Wildman–Crippen LogP) is 1.67. The fourth-order valence-corrected chi connectivity index (χ4v) is 2.08. The maximum atomic E-state index is 12.0. The standard InChI is InChI=1S/C14H20NO4/c1-10(8-15(2,3)4)19-14(16)11-5-6-12-13(7-11)18-9-17-12/h5-7,10H,8-9H2,1-4H3/q+1/t10-/m0/s1. The Labute approximate surface area is 113 Å². The van der Waals surface area contributed by atoms with Crippen LogP contribution in [-0.4, -0.2) is 51.0 Å². The molecule has 1 aliphatic heterocycles. The highest BCUT2D eigenvalue weighted by molar-refractivity contribution is 5.90. The molecule has 1 atom stereocenters. The molecule has 0 saturated heterocycles. The number of rotatable bonds is 4. The molecule has 5 nitrogen and oxygen atoms in total. The Balaban J connectivity index is 2.00. The molecule has 5 heteroatoms. The largest absolute Gasteiger partial charge is 0.454 e. The zero-order valence-corrected chi connectivity index (χ0v) is 11.8. The first kappa shape index (κ1) is 13.7. The number of hydrogen-bond acceptors (Lipinski definition) is 4. The van der Waals surface area contributed by atoms with Crippen LogP contribution in [0.15, 0.2) is 18.2 Å². The molecule has 1 aromatic carbocycles. The van der Waals surface area contributed by atoms with Crippen molar-refractivity contribution in [3.63, 3.8) is 0 Å². The van der Waals surface area contributed by atoms with Crippen LogP contribution in [0.3, 0.4) is 0 Å². The Hall–Kier alpha value is -1.75. The van der Waals surface area contributed by atoms with Crippen molar-refractivity contribution < 1.29 is 23.5 Å². The first-order valence-electron chi connectivity index (χ1n) is 6.26. The zero-order chi connectivity index (χ0) is 14.0. The third-order valence-corrected chi connectivity index (χ3v) is 2.72. The molecule has 0 saturated carbocycles. The highest BCUT2D eigenvalue weighted by atomic mass is 16.7. The average Bonchev–Trinajstić information content (AvgIpc) is 2.72. The normalized spacial score (nSPS) is 15.2. The van der Waals surface area contributed by atoms with Crippen molar-refractivity contribution in [1.29, 1.82) is 0 Å². The van der Waals surface area contributed by atoms with Crippen LogP contribution in [0.25, 0.3) is 0 Å². The lowest BCUT2D eigenvalue weighted by Crippen LogP contribution is -2.41. The maximum absolute atomic E-state index is 12.0. The number of carbonyl (C=O) groups is 1. The lowest BCUT2D eigenvalue weighted by atomic mass is 10.2. The van der Waals surface area contributed by atoms with E-state index in [-0.39, 0.29) is 18.9 Å². The number of fused-ring (bicyclic) bond motifs is 1. The van der Waals surface area contributed by atoms with E-state index in [9.17, 15) is 4.79 Å². The summed E-state index contributed by atoms with van der Waals surface area (Å²) in [4.78, 5) is 12.0. The molecule has 0 amide bonds. The summed E-state index contributed by atoms with van der Waals surface area (Å²) in [6.07, 6.45) is -0.141. The van der Waals surface area contributed by atoms with Gasteiger partial charge >= 0.3 is 5.97 Å². The van der Waals surface area contributed by atoms with Gasteiger partial charge in [0.05, 0.1) is 26.7 Å². The number of quaternary nitrogens is 1. The molecular weight excluding hydrogens is 246 g/mol. The number of benzene rings is 1. The summed E-state index contributed by atoms with van der Waals surface area (Å²) in [5, 5.41) is 0. The van der Waals surface area contributed by atoms with Crippen LogP contribution in [0.2, 0.25) is 0 Å². The summed E-state index contributed by atoms with van der Waals surface area (Å²) in [7, 11) is 6.18. The summed E-state index contributed by atoms with van der Waals surface area (Å²) < 4.78 is 16.6. The van der Waals surface area contributed by atoms with Crippen molar-refractivity contribution in [2.24, 2.45) is 0 Å². The quantitative estimate of drug-likeness (QED) is 0.614. The van der Waals surface area contributed by atoms with Gasteiger partial charge in [-0.25, -0.2) is 4.79 Å². The molecule has 0 aromatic heterocycles. The summed E-state index contributed by atoms with van der Waals surface area (Å²) in [5.41, 5.74) is 0.484. The lowest BCUT2D eigenvalue weighted by molar-refractivity contribution is -0.873. The van der Waals surface area contributed by atoms with Crippen LogP contribution in [-0.2, 0) is 4.74 Å². The van der Waals surface area contributed by atoms with Gasteiger partial charge in [0.1, 0.15) is 12.6 Å². The molecule has 0 spiro atoms. The van der Waals surface area contributed by atoms with Gasteiger partial charge in [-0.2, -0.15) is 0 Å². The molecule has 1 aliphatic rings. The van der Waals surface area contributed by atoms with Gasteiger partial charge in [-0.15, -0.1) is 0 Å². The topological polar surface area (TPSA) is 44.8 Å². The minimum absolute atomic E-state index is 0.141. The van der Waals surface area contributed by atoms with Crippen LogP contribution in [0, 0.1) is 0 Å². The average molecular weight is 266 g/mol. The van der Waals surface area contributed by atoms with Gasteiger partial charge in [-0.3, -0.25) is 0 Å². The molecule has 19 heavy (non-hydrogen) atoms. The summed E-state index contributed by atoms with van der Waals surface area (Å²) in [6, 6.07) is 5.07. The molecule has 0 fully saturated rings. The van der Waals surface area contributed by atoms with Gasteiger partial charge < -0.3 is 18.7 Å². The molecule has 0 aliphatic carbocycles. The molecule has 0 unspecified atom stereocenters. The van der Waals surface area contributed by atoms with Crippen LogP contribution in [0.4, 0.5) is 0 Å². The Morgan fingerprint density at radius 1 is 1.32 bits per heavy atom. The van der Waals surface area contributed by atoms with Gasteiger partial charge in [0.15, 0.2) is 11.5 Å². The zero-order valence-electron chi connectivity index (χ0n) is 11.8. The predicted molar refractivity (Wildman–Crippen MR) is 70.3 cm³/mol. The molecule has 0 radical (unpaired) electrons. The van der Waals surface area contributed by atoms with Gasteiger partial charge in [0.2, 0.25) is 6.79 Å². The summed E-state index contributed by atoms with van der Waals surface area (Å²) in [6.45, 7) is 2.86. The Kier molecular flexibility index (Phi) is 3.66. The Morgan fingerprint density at radius 2 is 2.00 bits per heavy atom. The molecule has 0 N–H and O–H groups in total. The van der Waals surface area contributed by atoms with Crippen molar-refractivity contribution >= 4 is 5.97 Å². The van der Waals surface area contributed by atoms with E-state index in [0.717, 1.165) is 11.0 Å². The minimum Gasteiger partial charge on any atom is -0.454 e. The highest BCUT2D eigenvalue weighted by Crippen LogP contribution is 2.32.